The summed E-state index contributed by atoms with van der Waals surface area (Å²) in [5, 5.41) is 27.3. The fourth-order valence-corrected chi connectivity index (χ4v) is 1.42. The van der Waals surface area contributed by atoms with Gasteiger partial charge in [-0.2, -0.15) is 0 Å². The van der Waals surface area contributed by atoms with Gasteiger partial charge in [-0.25, -0.2) is 13.6 Å². The first-order chi connectivity index (χ1) is 7.88. The third kappa shape index (κ3) is 2.91. The summed E-state index contributed by atoms with van der Waals surface area (Å²) in [6, 6.07) is 0.969. The SMILES string of the molecule is O=C(O)c1cc(C(O)C(O)CCl)c(F)cc1F. The first-order valence-electron chi connectivity index (χ1n) is 4.52. The Morgan fingerprint density at radius 3 is 2.35 bits per heavy atom. The van der Waals surface area contributed by atoms with Gasteiger partial charge in [0.2, 0.25) is 0 Å². The molecular weight excluding hydrogens is 258 g/mol. The number of hydrogen-bond donors (Lipinski definition) is 3. The number of hydrogen-bond acceptors (Lipinski definition) is 3. The molecule has 2 unspecified atom stereocenters. The van der Waals surface area contributed by atoms with Crippen LogP contribution < -0.4 is 0 Å². The Bertz CT molecular complexity index is 439. The molecule has 17 heavy (non-hydrogen) atoms. The van der Waals surface area contributed by atoms with Gasteiger partial charge in [-0.1, -0.05) is 0 Å². The van der Waals surface area contributed by atoms with Crippen molar-refractivity contribution in [3.63, 3.8) is 0 Å². The lowest BCUT2D eigenvalue weighted by Gasteiger charge is -2.17. The molecule has 0 aliphatic carbocycles. The molecule has 0 bridgehead atoms. The summed E-state index contributed by atoms with van der Waals surface area (Å²) in [4.78, 5) is 10.6. The molecule has 0 aliphatic heterocycles. The van der Waals surface area contributed by atoms with Gasteiger partial charge in [0.25, 0.3) is 0 Å². The second-order valence-electron chi connectivity index (χ2n) is 3.33. The van der Waals surface area contributed by atoms with E-state index in [0.717, 1.165) is 0 Å². The van der Waals surface area contributed by atoms with Gasteiger partial charge in [-0.3, -0.25) is 0 Å². The molecule has 1 rings (SSSR count). The molecule has 1 aromatic rings. The normalized spacial score (nSPS) is 14.4. The maximum atomic E-state index is 13.3. The van der Waals surface area contributed by atoms with Gasteiger partial charge < -0.3 is 15.3 Å². The van der Waals surface area contributed by atoms with E-state index in [2.05, 4.69) is 0 Å². The number of aliphatic hydroxyl groups is 2. The minimum Gasteiger partial charge on any atom is -0.478 e. The third-order valence-electron chi connectivity index (χ3n) is 2.16. The van der Waals surface area contributed by atoms with E-state index in [-0.39, 0.29) is 5.88 Å². The van der Waals surface area contributed by atoms with E-state index < -0.39 is 40.9 Å². The largest absolute Gasteiger partial charge is 0.478 e. The smallest absolute Gasteiger partial charge is 0.338 e. The highest BCUT2D eigenvalue weighted by molar-refractivity contribution is 6.18. The summed E-state index contributed by atoms with van der Waals surface area (Å²) in [7, 11) is 0. The summed E-state index contributed by atoms with van der Waals surface area (Å²) >= 11 is 5.26. The average Bonchev–Trinajstić information content (AvgIpc) is 2.26. The lowest BCUT2D eigenvalue weighted by molar-refractivity contribution is 0.0302. The van der Waals surface area contributed by atoms with Crippen LogP contribution in [0.3, 0.4) is 0 Å². The first kappa shape index (κ1) is 13.8. The van der Waals surface area contributed by atoms with Crippen LogP contribution in [0.25, 0.3) is 0 Å². The fourth-order valence-electron chi connectivity index (χ4n) is 1.25. The molecule has 0 aliphatic rings. The van der Waals surface area contributed by atoms with Crippen molar-refractivity contribution in [2.75, 3.05) is 5.88 Å². The maximum Gasteiger partial charge on any atom is 0.338 e. The van der Waals surface area contributed by atoms with Crippen molar-refractivity contribution >= 4 is 17.6 Å². The highest BCUT2D eigenvalue weighted by Gasteiger charge is 2.24. The molecule has 0 heterocycles. The maximum absolute atomic E-state index is 13.3. The Labute approximate surface area is 100 Å². The lowest BCUT2D eigenvalue weighted by atomic mass is 10.0. The van der Waals surface area contributed by atoms with Crippen molar-refractivity contribution < 1.29 is 28.9 Å². The van der Waals surface area contributed by atoms with Crippen LogP contribution in [0.15, 0.2) is 12.1 Å². The predicted molar refractivity (Wildman–Crippen MR) is 55.0 cm³/mol. The molecule has 0 saturated heterocycles. The van der Waals surface area contributed by atoms with Crippen molar-refractivity contribution in [3.8, 4) is 0 Å². The van der Waals surface area contributed by atoms with Crippen LogP contribution in [0.1, 0.15) is 22.0 Å². The van der Waals surface area contributed by atoms with E-state index in [1.165, 1.54) is 0 Å². The summed E-state index contributed by atoms with van der Waals surface area (Å²) in [5.74, 6) is -4.38. The Morgan fingerprint density at radius 2 is 1.88 bits per heavy atom. The van der Waals surface area contributed by atoms with E-state index in [9.17, 15) is 23.8 Å². The topological polar surface area (TPSA) is 77.8 Å². The van der Waals surface area contributed by atoms with Gasteiger partial charge in [-0.05, 0) is 6.07 Å². The molecule has 0 spiro atoms. The molecule has 4 nitrogen and oxygen atoms in total. The molecule has 0 fully saturated rings. The number of alkyl halides is 1. The van der Waals surface area contributed by atoms with Gasteiger partial charge >= 0.3 is 5.97 Å². The van der Waals surface area contributed by atoms with Gasteiger partial charge in [0.05, 0.1) is 17.5 Å². The van der Waals surface area contributed by atoms with Gasteiger partial charge in [-0.15, -0.1) is 11.6 Å². The molecular formula is C10H9ClF2O4. The van der Waals surface area contributed by atoms with E-state index in [1.54, 1.807) is 0 Å². The van der Waals surface area contributed by atoms with E-state index >= 15 is 0 Å². The minimum absolute atomic E-state index is 0.336. The van der Waals surface area contributed by atoms with Crippen molar-refractivity contribution in [2.45, 2.75) is 12.2 Å². The second kappa shape index (κ2) is 5.39. The van der Waals surface area contributed by atoms with Crippen LogP contribution in [0.4, 0.5) is 8.78 Å². The van der Waals surface area contributed by atoms with Crippen molar-refractivity contribution in [2.24, 2.45) is 0 Å². The standard InChI is InChI=1S/C10H9ClF2O4/c11-3-8(14)9(15)4-1-5(10(16)17)7(13)2-6(4)12/h1-2,8-9,14-15H,3H2,(H,16,17). The molecule has 0 amide bonds. The lowest BCUT2D eigenvalue weighted by Crippen LogP contribution is -2.21. The van der Waals surface area contributed by atoms with Crippen LogP contribution in [0.5, 0.6) is 0 Å². The predicted octanol–water partition coefficient (Wildman–Crippen LogP) is 1.30. The van der Waals surface area contributed by atoms with Gasteiger partial charge in [0.1, 0.15) is 17.7 Å². The average molecular weight is 267 g/mol. The molecule has 0 saturated carbocycles. The Hall–Kier alpha value is -1.24. The zero-order chi connectivity index (χ0) is 13.2. The number of carboxylic acids is 1. The van der Waals surface area contributed by atoms with Crippen LogP contribution in [-0.4, -0.2) is 33.3 Å². The molecule has 0 radical (unpaired) electrons. The molecule has 7 heteroatoms. The second-order valence-corrected chi connectivity index (χ2v) is 3.63. The molecule has 3 N–H and O–H groups in total. The minimum atomic E-state index is -1.72. The summed E-state index contributed by atoms with van der Waals surface area (Å²) < 4.78 is 26.3. The number of carbonyl (C=O) groups is 1. The highest BCUT2D eigenvalue weighted by atomic mass is 35.5. The molecule has 1 aromatic carbocycles. The van der Waals surface area contributed by atoms with E-state index in [1.807, 2.05) is 0 Å². The third-order valence-corrected chi connectivity index (χ3v) is 2.47. The number of aliphatic hydroxyl groups excluding tert-OH is 2. The number of carboxylic acid groups (broad SMARTS) is 1. The zero-order valence-electron chi connectivity index (χ0n) is 8.40. The quantitative estimate of drug-likeness (QED) is 0.718. The van der Waals surface area contributed by atoms with Crippen molar-refractivity contribution in [1.82, 2.24) is 0 Å². The Balaban J connectivity index is 3.24. The van der Waals surface area contributed by atoms with Crippen LogP contribution >= 0.6 is 11.6 Å². The summed E-state index contributed by atoms with van der Waals surface area (Å²) in [6.45, 7) is 0. The summed E-state index contributed by atoms with van der Waals surface area (Å²) in [6.07, 6.45) is -3.19. The van der Waals surface area contributed by atoms with E-state index in [0.29, 0.717) is 12.1 Å². The van der Waals surface area contributed by atoms with Crippen LogP contribution in [0, 0.1) is 11.6 Å². The first-order valence-corrected chi connectivity index (χ1v) is 5.06. The Morgan fingerprint density at radius 1 is 1.29 bits per heavy atom. The van der Waals surface area contributed by atoms with Crippen molar-refractivity contribution in [3.05, 3.63) is 34.9 Å². The fraction of sp³-hybridized carbons (Fsp3) is 0.300. The van der Waals surface area contributed by atoms with Gasteiger partial charge in [0, 0.05) is 11.6 Å². The Kier molecular flexibility index (Phi) is 4.39. The number of benzene rings is 1. The zero-order valence-corrected chi connectivity index (χ0v) is 9.16. The van der Waals surface area contributed by atoms with Gasteiger partial charge in [0.15, 0.2) is 0 Å². The van der Waals surface area contributed by atoms with Crippen LogP contribution in [-0.2, 0) is 0 Å². The highest BCUT2D eigenvalue weighted by Crippen LogP contribution is 2.24. The summed E-state index contributed by atoms with van der Waals surface area (Å²) in [5.41, 5.74) is -1.31. The molecule has 2 atom stereocenters. The molecule has 0 aromatic heterocycles. The number of aromatic carboxylic acids is 1. The monoisotopic (exact) mass is 266 g/mol. The number of rotatable bonds is 4. The van der Waals surface area contributed by atoms with Crippen molar-refractivity contribution in [1.29, 1.82) is 0 Å². The van der Waals surface area contributed by atoms with E-state index in [4.69, 9.17) is 16.7 Å². The molecule has 94 valence electrons. The number of halogens is 3. The van der Waals surface area contributed by atoms with Crippen LogP contribution in [0.2, 0.25) is 0 Å².